The van der Waals surface area contributed by atoms with Crippen molar-refractivity contribution in [2.45, 2.75) is 38.1 Å². The Labute approximate surface area is 247 Å². The van der Waals surface area contributed by atoms with Crippen LogP contribution in [0.15, 0.2) is 63.4 Å². The molecule has 212 valence electrons. The first kappa shape index (κ1) is 29.1. The number of rotatable bonds is 12. The van der Waals surface area contributed by atoms with Crippen LogP contribution in [0.1, 0.15) is 31.7 Å². The molecule has 0 bridgehead atoms. The van der Waals surface area contributed by atoms with E-state index in [9.17, 15) is 13.0 Å². The van der Waals surface area contributed by atoms with Crippen LogP contribution in [-0.2, 0) is 21.4 Å². The second-order valence-electron chi connectivity index (χ2n) is 9.30. The minimum Gasteiger partial charge on any atom is -0.748 e. The first-order chi connectivity index (χ1) is 19.3. The average Bonchev–Trinajstić information content (AvgIpc) is 3.63. The number of thiophene rings is 1. The topological polar surface area (TPSA) is 82.8 Å². The van der Waals surface area contributed by atoms with Crippen LogP contribution in [0.2, 0.25) is 0 Å². The van der Waals surface area contributed by atoms with Crippen molar-refractivity contribution >= 4 is 76.6 Å². The van der Waals surface area contributed by atoms with E-state index in [0.717, 1.165) is 23.7 Å². The van der Waals surface area contributed by atoms with Crippen LogP contribution in [0.5, 0.6) is 5.75 Å². The van der Waals surface area contributed by atoms with Gasteiger partial charge in [0.15, 0.2) is 6.54 Å². The fourth-order valence-electron chi connectivity index (χ4n) is 4.78. The summed E-state index contributed by atoms with van der Waals surface area (Å²) >= 11 is 5.27. The highest BCUT2D eigenvalue weighted by Crippen LogP contribution is 2.47. The number of hydrogen-bond acceptors (Lipinski definition) is 9. The molecule has 0 aliphatic carbocycles. The lowest BCUT2D eigenvalue weighted by molar-refractivity contribution is -0.669. The average molecular weight is 617 g/mol. The smallest absolute Gasteiger partial charge is 0.263 e. The van der Waals surface area contributed by atoms with E-state index in [1.165, 1.54) is 41.5 Å². The zero-order chi connectivity index (χ0) is 28.3. The van der Waals surface area contributed by atoms with Gasteiger partial charge in [-0.15, -0.1) is 11.3 Å². The summed E-state index contributed by atoms with van der Waals surface area (Å²) in [5.41, 5.74) is 3.59. The van der Waals surface area contributed by atoms with Crippen LogP contribution in [0, 0.1) is 0 Å². The maximum absolute atomic E-state index is 10.9. The van der Waals surface area contributed by atoms with Gasteiger partial charge < -0.3 is 18.9 Å². The van der Waals surface area contributed by atoms with Crippen molar-refractivity contribution in [2.24, 2.45) is 0 Å². The molecule has 4 aromatic rings. The Morgan fingerprint density at radius 3 is 2.70 bits per heavy atom. The summed E-state index contributed by atoms with van der Waals surface area (Å²) in [5, 5.41) is 5.68. The molecule has 0 amide bonds. The van der Waals surface area contributed by atoms with E-state index >= 15 is 0 Å². The number of hydrogen-bond donors (Lipinski definition) is 0. The summed E-state index contributed by atoms with van der Waals surface area (Å²) in [5.74, 6) is 0.455. The van der Waals surface area contributed by atoms with Crippen LogP contribution in [0.4, 0.5) is 5.69 Å². The monoisotopic (exact) mass is 616 g/mol. The number of methoxy groups -OCH3 is 1. The van der Waals surface area contributed by atoms with Crippen LogP contribution in [0.3, 0.4) is 0 Å². The van der Waals surface area contributed by atoms with Gasteiger partial charge >= 0.3 is 0 Å². The fourth-order valence-corrected chi connectivity index (χ4v) is 8.40. The number of thioether (sulfide) groups is 1. The molecule has 1 aliphatic rings. The largest absolute Gasteiger partial charge is 0.748 e. The van der Waals surface area contributed by atoms with E-state index in [-0.39, 0.29) is 13.0 Å². The molecule has 0 atom stereocenters. The molecule has 0 spiro atoms. The Morgan fingerprint density at radius 2 is 1.95 bits per heavy atom. The third-order valence-electron chi connectivity index (χ3n) is 6.74. The molecule has 0 saturated heterocycles. The zero-order valence-electron chi connectivity index (χ0n) is 22.7. The van der Waals surface area contributed by atoms with E-state index in [4.69, 9.17) is 9.47 Å². The van der Waals surface area contributed by atoms with Crippen molar-refractivity contribution < 1.29 is 27.0 Å². The second kappa shape index (κ2) is 12.6. The van der Waals surface area contributed by atoms with Gasteiger partial charge in [0.2, 0.25) is 5.52 Å². The third-order valence-corrected chi connectivity index (χ3v) is 10.6. The first-order valence-corrected chi connectivity index (χ1v) is 17.3. The molecule has 11 heteroatoms. The SMILES string of the molecule is CCC(=Cc1sc2ccc3sccc3c2[n+]1CCOCCCS(=O)(=O)[O-])C=C1Sc2ccc(OC)cc2N1CC. The molecule has 5 rings (SSSR count). The van der Waals surface area contributed by atoms with Crippen LogP contribution < -0.4 is 14.2 Å². The van der Waals surface area contributed by atoms with Gasteiger partial charge in [0, 0.05) is 40.6 Å². The number of allylic oxidation sites excluding steroid dienone is 2. The van der Waals surface area contributed by atoms with Gasteiger partial charge in [-0.25, -0.2) is 8.42 Å². The quantitative estimate of drug-likeness (QED) is 0.100. The standard InChI is InChI=1S/C29H32N2O5S4/c1-4-20(17-27-30(5-2)23-19-21(35-3)7-8-25(23)38-27)18-28-31(12-14-36-13-6-16-40(32,33)34)29-22-11-15-37-24(22)9-10-26(29)39-28/h7-11,15,17-19H,4-6,12-14,16H2,1-3H3. The predicted molar refractivity (Wildman–Crippen MR) is 166 cm³/mol. The molecule has 7 nitrogen and oxygen atoms in total. The van der Waals surface area contributed by atoms with E-state index in [1.807, 2.05) is 6.07 Å². The normalized spacial score (nSPS) is 15.1. The molecule has 3 heterocycles. The predicted octanol–water partition coefficient (Wildman–Crippen LogP) is 6.63. The zero-order valence-corrected chi connectivity index (χ0v) is 26.0. The minimum atomic E-state index is -4.22. The minimum absolute atomic E-state index is 0.204. The van der Waals surface area contributed by atoms with Crippen LogP contribution in [0.25, 0.3) is 26.4 Å². The molecule has 0 N–H and O–H groups in total. The van der Waals surface area contributed by atoms with Crippen molar-refractivity contribution in [3.8, 4) is 5.75 Å². The fraction of sp³-hybridized carbons (Fsp3) is 0.345. The van der Waals surface area contributed by atoms with Crippen molar-refractivity contribution in [3.05, 3.63) is 63.5 Å². The highest BCUT2D eigenvalue weighted by atomic mass is 32.2. The highest BCUT2D eigenvalue weighted by molar-refractivity contribution is 8.03. The Hall–Kier alpha value is -2.41. The summed E-state index contributed by atoms with van der Waals surface area (Å²) < 4.78 is 48.7. The number of nitrogens with zero attached hydrogens (tertiary/aromatic N) is 2. The van der Waals surface area contributed by atoms with Crippen molar-refractivity contribution in [2.75, 3.05) is 37.5 Å². The van der Waals surface area contributed by atoms with Gasteiger partial charge in [0.1, 0.15) is 17.1 Å². The molecule has 1 aliphatic heterocycles. The molecule has 2 aromatic carbocycles. The van der Waals surface area contributed by atoms with E-state index < -0.39 is 15.9 Å². The number of anilines is 1. The number of fused-ring (bicyclic) bond motifs is 4. The summed E-state index contributed by atoms with van der Waals surface area (Å²) in [7, 11) is -2.52. The van der Waals surface area contributed by atoms with Crippen molar-refractivity contribution in [1.82, 2.24) is 0 Å². The number of benzene rings is 2. The molecule has 0 unspecified atom stereocenters. The number of thiazole rings is 1. The van der Waals surface area contributed by atoms with Crippen LogP contribution >= 0.6 is 34.4 Å². The van der Waals surface area contributed by atoms with Crippen LogP contribution in [-0.4, -0.2) is 45.6 Å². The van der Waals surface area contributed by atoms with Gasteiger partial charge in [-0.3, -0.25) is 0 Å². The van der Waals surface area contributed by atoms with Gasteiger partial charge in [-0.05, 0) is 67.1 Å². The molecule has 0 saturated carbocycles. The Bertz CT molecular complexity index is 1690. The van der Waals surface area contributed by atoms with Gasteiger partial charge in [-0.2, -0.15) is 4.57 Å². The summed E-state index contributed by atoms with van der Waals surface area (Å²) in [6, 6.07) is 12.8. The number of ether oxygens (including phenoxy) is 2. The molecule has 2 aromatic heterocycles. The lowest BCUT2D eigenvalue weighted by Gasteiger charge is -2.18. The lowest BCUT2D eigenvalue weighted by Crippen LogP contribution is -2.37. The third kappa shape index (κ3) is 6.40. The van der Waals surface area contributed by atoms with Gasteiger partial charge in [-0.1, -0.05) is 30.0 Å². The molecule has 40 heavy (non-hydrogen) atoms. The van der Waals surface area contributed by atoms with E-state index in [1.54, 1.807) is 41.5 Å². The molecule has 0 fully saturated rings. The first-order valence-electron chi connectivity index (χ1n) is 13.2. The summed E-state index contributed by atoms with van der Waals surface area (Å²) in [4.78, 5) is 3.55. The summed E-state index contributed by atoms with van der Waals surface area (Å²) in [6.45, 7) is 6.49. The maximum Gasteiger partial charge on any atom is 0.263 e. The molecular weight excluding hydrogens is 585 g/mol. The van der Waals surface area contributed by atoms with Gasteiger partial charge in [0.25, 0.3) is 5.01 Å². The second-order valence-corrected chi connectivity index (χ2v) is 13.9. The van der Waals surface area contributed by atoms with E-state index in [0.29, 0.717) is 13.2 Å². The highest BCUT2D eigenvalue weighted by Gasteiger charge is 2.26. The molecule has 0 radical (unpaired) electrons. The Balaban J connectivity index is 1.46. The van der Waals surface area contributed by atoms with Crippen molar-refractivity contribution in [3.63, 3.8) is 0 Å². The van der Waals surface area contributed by atoms with Gasteiger partial charge in [0.05, 0.1) is 33.3 Å². The molecular formula is C29H32N2O5S4. The lowest BCUT2D eigenvalue weighted by atomic mass is 10.2. The Morgan fingerprint density at radius 1 is 1.12 bits per heavy atom. The van der Waals surface area contributed by atoms with E-state index in [2.05, 4.69) is 71.2 Å². The Kier molecular flexibility index (Phi) is 9.18. The van der Waals surface area contributed by atoms with Crippen molar-refractivity contribution in [1.29, 1.82) is 0 Å². The summed E-state index contributed by atoms with van der Waals surface area (Å²) in [6.07, 6.45) is 5.65. The number of aromatic nitrogens is 1. The maximum atomic E-state index is 10.9.